The number of hydrogen-bond donors (Lipinski definition) is 2. The molecule has 1 aliphatic rings. The lowest BCUT2D eigenvalue weighted by Crippen LogP contribution is -2.16. The minimum Gasteiger partial charge on any atom is -0.492 e. The molecule has 2 rings (SSSR count). The third-order valence-electron chi connectivity index (χ3n) is 1.94. The summed E-state index contributed by atoms with van der Waals surface area (Å²) in [7, 11) is 0. The molecule has 1 aromatic rings. The van der Waals surface area contributed by atoms with E-state index in [0.29, 0.717) is 0 Å². The molecule has 1 aliphatic heterocycles. The Balaban J connectivity index is 0.000000845. The molecule has 0 saturated heterocycles. The first-order valence-corrected chi connectivity index (χ1v) is 4.08. The first-order chi connectivity index (χ1) is 5.86. The molecule has 0 atom stereocenters. The summed E-state index contributed by atoms with van der Waals surface area (Å²) in [4.78, 5) is 0. The van der Waals surface area contributed by atoms with E-state index in [0.717, 1.165) is 36.7 Å². The number of nitrogen functional groups attached to an aromatic ring is 1. The average Bonchev–Trinajstić information content (AvgIpc) is 2.28. The van der Waals surface area contributed by atoms with Gasteiger partial charge in [-0.25, -0.2) is 0 Å². The number of nitrogens with one attached hydrogen (secondary N) is 1. The van der Waals surface area contributed by atoms with Crippen molar-refractivity contribution in [3.05, 3.63) is 23.8 Å². The van der Waals surface area contributed by atoms with Crippen LogP contribution in [0.5, 0.6) is 5.75 Å². The van der Waals surface area contributed by atoms with Gasteiger partial charge in [0.1, 0.15) is 12.4 Å². The highest BCUT2D eigenvalue weighted by molar-refractivity contribution is 5.85. The van der Waals surface area contributed by atoms with Crippen LogP contribution in [0.25, 0.3) is 0 Å². The van der Waals surface area contributed by atoms with E-state index in [1.165, 1.54) is 0 Å². The molecule has 0 spiro atoms. The summed E-state index contributed by atoms with van der Waals surface area (Å²) in [6.07, 6.45) is 0. The third-order valence-corrected chi connectivity index (χ3v) is 1.94. The van der Waals surface area contributed by atoms with E-state index in [9.17, 15) is 0 Å². The number of nitrogens with two attached hydrogens (primary N) is 1. The van der Waals surface area contributed by atoms with Crippen molar-refractivity contribution in [3.63, 3.8) is 0 Å². The summed E-state index contributed by atoms with van der Waals surface area (Å²) in [5.41, 5.74) is 7.59. The molecule has 0 saturated carbocycles. The summed E-state index contributed by atoms with van der Waals surface area (Å²) in [6.45, 7) is 2.48. The van der Waals surface area contributed by atoms with Gasteiger partial charge in [-0.3, -0.25) is 0 Å². The topological polar surface area (TPSA) is 47.3 Å². The second-order valence-corrected chi connectivity index (χ2v) is 2.89. The van der Waals surface area contributed by atoms with Crippen molar-refractivity contribution in [2.24, 2.45) is 0 Å². The van der Waals surface area contributed by atoms with Crippen LogP contribution in [0.2, 0.25) is 0 Å². The molecule has 3 nitrogen and oxygen atoms in total. The van der Waals surface area contributed by atoms with Crippen molar-refractivity contribution in [2.75, 3.05) is 18.9 Å². The molecule has 0 fully saturated rings. The number of benzene rings is 1. The molecular weight excluding hydrogens is 188 g/mol. The van der Waals surface area contributed by atoms with Gasteiger partial charge in [0, 0.05) is 24.3 Å². The number of halogens is 1. The van der Waals surface area contributed by atoms with Crippen molar-refractivity contribution in [1.29, 1.82) is 0 Å². The Morgan fingerprint density at radius 2 is 2.23 bits per heavy atom. The lowest BCUT2D eigenvalue weighted by molar-refractivity contribution is 0.326. The first kappa shape index (κ1) is 10.2. The SMILES string of the molecule is Cl.Nc1ccc2c(c1)CNCCO2. The van der Waals surface area contributed by atoms with Crippen molar-refractivity contribution < 1.29 is 4.74 Å². The standard InChI is InChI=1S/C9H12N2O.ClH/c10-8-1-2-9-7(5-8)6-11-3-4-12-9;/h1-2,5,11H,3-4,6,10H2;1H. The number of anilines is 1. The van der Waals surface area contributed by atoms with Crippen LogP contribution in [0.4, 0.5) is 5.69 Å². The summed E-state index contributed by atoms with van der Waals surface area (Å²) in [5, 5.41) is 3.25. The fraction of sp³-hybridized carbons (Fsp3) is 0.333. The lowest BCUT2D eigenvalue weighted by atomic mass is 10.2. The summed E-state index contributed by atoms with van der Waals surface area (Å²) in [5.74, 6) is 0.953. The molecule has 0 aliphatic carbocycles. The van der Waals surface area contributed by atoms with Crippen molar-refractivity contribution in [2.45, 2.75) is 6.54 Å². The quantitative estimate of drug-likeness (QED) is 0.619. The zero-order chi connectivity index (χ0) is 8.39. The molecule has 13 heavy (non-hydrogen) atoms. The van der Waals surface area contributed by atoms with Gasteiger partial charge in [-0.15, -0.1) is 12.4 Å². The monoisotopic (exact) mass is 200 g/mol. The second kappa shape index (κ2) is 4.35. The molecule has 0 unspecified atom stereocenters. The van der Waals surface area contributed by atoms with Gasteiger partial charge in [0.15, 0.2) is 0 Å². The Morgan fingerprint density at radius 1 is 1.38 bits per heavy atom. The fourth-order valence-corrected chi connectivity index (χ4v) is 1.33. The Hall–Kier alpha value is -0.930. The van der Waals surface area contributed by atoms with E-state index < -0.39 is 0 Å². The Labute approximate surface area is 83.7 Å². The maximum absolute atomic E-state index is 5.65. The highest BCUT2D eigenvalue weighted by Crippen LogP contribution is 2.22. The van der Waals surface area contributed by atoms with Crippen molar-refractivity contribution in [1.82, 2.24) is 5.32 Å². The molecule has 1 aromatic carbocycles. The number of fused-ring (bicyclic) bond motifs is 1. The van der Waals surface area contributed by atoms with E-state index in [1.54, 1.807) is 0 Å². The van der Waals surface area contributed by atoms with E-state index in [4.69, 9.17) is 10.5 Å². The minimum absolute atomic E-state index is 0. The van der Waals surface area contributed by atoms with Gasteiger partial charge < -0.3 is 15.8 Å². The maximum atomic E-state index is 5.65. The van der Waals surface area contributed by atoms with Crippen LogP contribution in [0, 0.1) is 0 Å². The Morgan fingerprint density at radius 3 is 3.08 bits per heavy atom. The van der Waals surface area contributed by atoms with Crippen molar-refractivity contribution in [3.8, 4) is 5.75 Å². The molecule has 0 amide bonds. The van der Waals surface area contributed by atoms with Gasteiger partial charge in [-0.05, 0) is 18.2 Å². The van der Waals surface area contributed by atoms with E-state index in [-0.39, 0.29) is 12.4 Å². The van der Waals surface area contributed by atoms with Gasteiger partial charge in [0.25, 0.3) is 0 Å². The normalized spacial score (nSPS) is 14.8. The Bertz CT molecular complexity index is 291. The zero-order valence-electron chi connectivity index (χ0n) is 7.25. The van der Waals surface area contributed by atoms with Gasteiger partial charge in [-0.1, -0.05) is 0 Å². The van der Waals surface area contributed by atoms with Gasteiger partial charge in [0.05, 0.1) is 0 Å². The number of ether oxygens (including phenoxy) is 1. The molecular formula is C9H13ClN2O. The summed E-state index contributed by atoms with van der Waals surface area (Å²) < 4.78 is 5.49. The maximum Gasteiger partial charge on any atom is 0.123 e. The van der Waals surface area contributed by atoms with Crippen LogP contribution in [-0.2, 0) is 6.54 Å². The zero-order valence-corrected chi connectivity index (χ0v) is 8.06. The van der Waals surface area contributed by atoms with Crippen LogP contribution >= 0.6 is 12.4 Å². The largest absolute Gasteiger partial charge is 0.492 e. The molecule has 1 heterocycles. The van der Waals surface area contributed by atoms with E-state index in [1.807, 2.05) is 18.2 Å². The highest BCUT2D eigenvalue weighted by Gasteiger charge is 2.07. The predicted molar refractivity (Wildman–Crippen MR) is 55.3 cm³/mol. The van der Waals surface area contributed by atoms with Gasteiger partial charge in [0.2, 0.25) is 0 Å². The molecule has 0 radical (unpaired) electrons. The molecule has 4 heteroatoms. The van der Waals surface area contributed by atoms with Crippen LogP contribution in [0.3, 0.4) is 0 Å². The van der Waals surface area contributed by atoms with Crippen LogP contribution in [0.15, 0.2) is 18.2 Å². The van der Waals surface area contributed by atoms with Crippen LogP contribution in [0.1, 0.15) is 5.56 Å². The molecule has 72 valence electrons. The van der Waals surface area contributed by atoms with E-state index in [2.05, 4.69) is 5.32 Å². The number of rotatable bonds is 0. The summed E-state index contributed by atoms with van der Waals surface area (Å²) in [6, 6.07) is 5.75. The minimum atomic E-state index is 0. The lowest BCUT2D eigenvalue weighted by Gasteiger charge is -2.05. The Kier molecular flexibility index (Phi) is 3.39. The smallest absolute Gasteiger partial charge is 0.123 e. The second-order valence-electron chi connectivity index (χ2n) is 2.89. The summed E-state index contributed by atoms with van der Waals surface area (Å²) >= 11 is 0. The molecule has 0 aromatic heterocycles. The fourth-order valence-electron chi connectivity index (χ4n) is 1.33. The number of hydrogen-bond acceptors (Lipinski definition) is 3. The van der Waals surface area contributed by atoms with Crippen LogP contribution < -0.4 is 15.8 Å². The highest BCUT2D eigenvalue weighted by atomic mass is 35.5. The van der Waals surface area contributed by atoms with Gasteiger partial charge >= 0.3 is 0 Å². The average molecular weight is 201 g/mol. The van der Waals surface area contributed by atoms with Crippen LogP contribution in [-0.4, -0.2) is 13.2 Å². The van der Waals surface area contributed by atoms with Crippen molar-refractivity contribution >= 4 is 18.1 Å². The predicted octanol–water partition coefficient (Wildman–Crippen LogP) is 1.17. The third kappa shape index (κ3) is 2.26. The van der Waals surface area contributed by atoms with Gasteiger partial charge in [-0.2, -0.15) is 0 Å². The molecule has 0 bridgehead atoms. The first-order valence-electron chi connectivity index (χ1n) is 4.08. The van der Waals surface area contributed by atoms with E-state index >= 15 is 0 Å². The molecule has 3 N–H and O–H groups in total.